The largest absolute Gasteiger partial charge is 0.441 e. The predicted octanol–water partition coefficient (Wildman–Crippen LogP) is 11.6. The van der Waals surface area contributed by atoms with Crippen LogP contribution in [0.1, 0.15) is 44.3 Å². The van der Waals surface area contributed by atoms with E-state index in [2.05, 4.69) is 114 Å². The third-order valence-electron chi connectivity index (χ3n) is 22.1. The lowest BCUT2D eigenvalue weighted by molar-refractivity contribution is 0.234. The minimum atomic E-state index is -0.500. The Balaban J connectivity index is 0.000000113. The molecule has 0 aliphatic carbocycles. The van der Waals surface area contributed by atoms with Crippen molar-refractivity contribution in [3.05, 3.63) is 234 Å². The van der Waals surface area contributed by atoms with Crippen LogP contribution in [-0.2, 0) is 0 Å². The van der Waals surface area contributed by atoms with Crippen molar-refractivity contribution in [2.45, 2.75) is 60.5 Å². The Morgan fingerprint density at radius 3 is 0.992 bits per heavy atom. The third kappa shape index (κ3) is 15.8. The minimum Gasteiger partial charge on any atom is -0.441 e. The zero-order chi connectivity index (χ0) is 82.1. The van der Waals surface area contributed by atoms with Crippen LogP contribution >= 0.6 is 0 Å². The zero-order valence-electron chi connectivity index (χ0n) is 66.4. The van der Waals surface area contributed by atoms with Crippen LogP contribution in [0.5, 0.6) is 0 Å². The molecule has 20 rings (SSSR count). The van der Waals surface area contributed by atoms with Gasteiger partial charge in [-0.05, 0) is 132 Å². The lowest BCUT2D eigenvalue weighted by Crippen LogP contribution is -2.50. The van der Waals surface area contributed by atoms with Crippen LogP contribution in [0, 0.1) is 51.0 Å². The van der Waals surface area contributed by atoms with Crippen molar-refractivity contribution in [1.29, 1.82) is 0 Å². The van der Waals surface area contributed by atoms with Crippen LogP contribution in [0.15, 0.2) is 183 Å². The molecule has 12 aromatic heterocycles. The normalized spacial score (nSPS) is 16.5. The summed E-state index contributed by atoms with van der Waals surface area (Å²) in [4.78, 5) is 102. The second-order valence-electron chi connectivity index (χ2n) is 30.3. The summed E-state index contributed by atoms with van der Waals surface area (Å²) < 4.78 is 85.6. The number of aromatic nitrogens is 12. The summed E-state index contributed by atoms with van der Waals surface area (Å²) in [6.07, 6.45) is 7.30. The van der Waals surface area contributed by atoms with Crippen molar-refractivity contribution >= 4 is 89.7 Å². The van der Waals surface area contributed by atoms with E-state index in [1.165, 1.54) is 61.7 Å². The van der Waals surface area contributed by atoms with E-state index in [4.69, 9.17) is 17.7 Å². The maximum Gasteiger partial charge on any atom is 0.258 e. The fourth-order valence-electron chi connectivity index (χ4n) is 15.5. The molecule has 16 heterocycles. The molecule has 0 unspecified atom stereocenters. The molecule has 4 aliphatic heterocycles. The number of aryl methyl sites for hydroxylation is 4. The van der Waals surface area contributed by atoms with Gasteiger partial charge in [0.1, 0.15) is 44.7 Å². The van der Waals surface area contributed by atoms with Gasteiger partial charge in [-0.25, -0.2) is 57.4 Å². The minimum absolute atomic E-state index is 0.179. The number of nitrogens with zero attached hydrogens (tertiary/aromatic N) is 19. The number of rotatable bonds is 9. The molecule has 2 atom stereocenters. The van der Waals surface area contributed by atoms with Crippen LogP contribution < -0.4 is 47.2 Å². The van der Waals surface area contributed by atoms with E-state index in [-0.39, 0.29) is 44.3 Å². The van der Waals surface area contributed by atoms with Crippen LogP contribution in [-0.4, -0.2) is 197 Å². The summed E-state index contributed by atoms with van der Waals surface area (Å²) >= 11 is 0. The summed E-state index contributed by atoms with van der Waals surface area (Å²) in [5.41, 5.74) is 10.7. The van der Waals surface area contributed by atoms with Gasteiger partial charge in [0.2, 0.25) is 0 Å². The molecule has 0 saturated carbocycles. The highest BCUT2D eigenvalue weighted by atomic mass is 19.1. The van der Waals surface area contributed by atoms with Gasteiger partial charge >= 0.3 is 0 Å². The Morgan fingerprint density at radius 2 is 0.678 bits per heavy atom. The fourth-order valence-corrected chi connectivity index (χ4v) is 15.5. The van der Waals surface area contributed by atoms with Crippen molar-refractivity contribution < 1.29 is 35.2 Å². The first-order valence-corrected chi connectivity index (χ1v) is 39.1. The van der Waals surface area contributed by atoms with Crippen LogP contribution in [0.4, 0.5) is 40.3 Å². The molecule has 0 bridgehead atoms. The number of fused-ring (bicyclic) bond motifs is 8. The number of hydrogen-bond donors (Lipinski definition) is 1. The molecule has 1 N–H and O–H groups in total. The van der Waals surface area contributed by atoms with Crippen molar-refractivity contribution in [3.8, 4) is 45.0 Å². The second-order valence-corrected chi connectivity index (χ2v) is 30.3. The lowest BCUT2D eigenvalue weighted by Gasteiger charge is -2.39. The van der Waals surface area contributed by atoms with E-state index in [1.54, 1.807) is 56.4 Å². The zero-order valence-corrected chi connectivity index (χ0v) is 66.4. The van der Waals surface area contributed by atoms with E-state index in [9.17, 15) is 36.7 Å². The van der Waals surface area contributed by atoms with Gasteiger partial charge in [0, 0.05) is 203 Å². The van der Waals surface area contributed by atoms with E-state index in [0.717, 1.165) is 121 Å². The molecule has 4 fully saturated rings. The molecule has 16 aromatic rings. The molecular formula is C86H84F4N20O8. The lowest BCUT2D eigenvalue weighted by atomic mass is 10.1. The van der Waals surface area contributed by atoms with E-state index >= 15 is 0 Å². The van der Waals surface area contributed by atoms with Crippen LogP contribution in [0.3, 0.4) is 0 Å². The summed E-state index contributed by atoms with van der Waals surface area (Å²) in [5, 5.41) is 3.41. The van der Waals surface area contributed by atoms with E-state index in [1.807, 2.05) is 73.3 Å². The Labute approximate surface area is 671 Å². The highest BCUT2D eigenvalue weighted by Crippen LogP contribution is 2.33. The highest BCUT2D eigenvalue weighted by molar-refractivity contribution is 5.84. The standard InChI is InChI=1S/2C22H22FN5O2.2C21H20FN5O2/c1-13-11-27(7-6-26(13)3)16-4-5-20-25-18(10-21(29)28(20)12-16)15-8-17(23)22-19(9-15)30-14(2)24-22;1-3-26-6-8-27(9-7-26)16-4-5-20-25-18(12-21(29)28(20)13-16)15-10-17(23)22-19(11-15)30-14(2)24-22;1-13-23-21-16(22)9-14(10-18(21)29-13)17-11-20(28)27-12-15(3-4-19(27)24-17)26-7-5-25(2)6-8-26;1-12-10-26(6-5-23-12)15-3-4-19-25-17(9-20(28)27(19)11-15)14-7-16(22)21-18(8-14)29-13(2)24-21/h4-5,8-10,12-13H,6-7,11H2,1-3H3;4-5,10-13H,3,6-9H2,1-2H3;3-4,9-12H,5-8H2,1-2H3;3-4,7-9,11-12,23H,5-6,10H2,1-2H3/t13-;;;12-/m0..0/s1. The number of oxazole rings is 4. The molecule has 0 radical (unpaired) electrons. The number of pyridine rings is 4. The first-order chi connectivity index (χ1) is 56.8. The van der Waals surface area contributed by atoms with Gasteiger partial charge in [-0.1, -0.05) is 6.92 Å². The van der Waals surface area contributed by atoms with Crippen molar-refractivity contribution in [2.24, 2.45) is 0 Å². The Bertz CT molecular complexity index is 6840. The third-order valence-corrected chi connectivity index (χ3v) is 22.1. The maximum atomic E-state index is 14.4. The van der Waals surface area contributed by atoms with Gasteiger partial charge in [0.25, 0.3) is 22.2 Å². The molecule has 4 saturated heterocycles. The number of anilines is 4. The SMILES string of the molecule is CCN1CCN(c2ccc3nc(-c4cc(F)c5nc(C)oc5c4)cc(=O)n3c2)CC1.Cc1nc2c(F)cc(-c3cc(=O)n4cc(N5CCN(C)CC5)ccc4n3)cc2o1.Cc1nc2c(F)cc(-c3cc(=O)n4cc(N5CCN(C)[C@@H](C)C5)ccc4n3)cc2o1.Cc1nc2c(F)cc(-c3cc(=O)n4cc(N5CCN[C@@H](C)C5)ccc4n3)cc2o1. The first-order valence-electron chi connectivity index (χ1n) is 39.1. The van der Waals surface area contributed by atoms with Gasteiger partial charge in [-0.2, -0.15) is 0 Å². The Hall–Kier alpha value is -13.0. The number of hydrogen-bond acceptors (Lipinski definition) is 24. The topological polar surface area (TPSA) is 276 Å². The highest BCUT2D eigenvalue weighted by Gasteiger charge is 2.26. The van der Waals surface area contributed by atoms with Gasteiger partial charge in [-0.3, -0.25) is 36.8 Å². The maximum absolute atomic E-state index is 14.4. The van der Waals surface area contributed by atoms with Crippen molar-refractivity contribution in [2.75, 3.05) is 132 Å². The molecule has 4 aromatic carbocycles. The number of piperazine rings is 4. The van der Waals surface area contributed by atoms with E-state index < -0.39 is 23.3 Å². The number of likely N-dealkylation sites (N-methyl/N-ethyl adjacent to an activating group) is 3. The number of benzene rings is 4. The predicted molar refractivity (Wildman–Crippen MR) is 445 cm³/mol. The summed E-state index contributed by atoms with van der Waals surface area (Å²) in [6, 6.07) is 33.7. The average Bonchev–Trinajstić information content (AvgIpc) is 1.23. The van der Waals surface area contributed by atoms with Gasteiger partial charge < -0.3 is 57.3 Å². The average molecular weight is 1600 g/mol. The quantitative estimate of drug-likeness (QED) is 0.131. The van der Waals surface area contributed by atoms with Gasteiger partial charge in [-0.15, -0.1) is 0 Å². The summed E-state index contributed by atoms with van der Waals surface area (Å²) in [6.45, 7) is 27.3. The Morgan fingerprint density at radius 1 is 0.373 bits per heavy atom. The van der Waals surface area contributed by atoms with Crippen LogP contribution in [0.25, 0.3) is 112 Å². The van der Waals surface area contributed by atoms with Crippen molar-refractivity contribution in [1.82, 2.24) is 77.5 Å². The first kappa shape index (κ1) is 77.5. The molecule has 28 nitrogen and oxygen atoms in total. The molecule has 0 spiro atoms. The van der Waals surface area contributed by atoms with Gasteiger partial charge in [0.15, 0.2) is 69.2 Å². The summed E-state index contributed by atoms with van der Waals surface area (Å²) in [5.74, 6) is -0.445. The smallest absolute Gasteiger partial charge is 0.258 e. The second kappa shape index (κ2) is 31.9. The summed E-state index contributed by atoms with van der Waals surface area (Å²) in [7, 11) is 4.23. The molecule has 604 valence electrons. The van der Waals surface area contributed by atoms with Gasteiger partial charge in [0.05, 0.1) is 45.5 Å². The van der Waals surface area contributed by atoms with Crippen molar-refractivity contribution in [3.63, 3.8) is 0 Å². The molecule has 118 heavy (non-hydrogen) atoms. The molecule has 32 heteroatoms. The molecular weight excluding hydrogens is 1520 g/mol. The molecule has 4 aliphatic rings. The monoisotopic (exact) mass is 1600 g/mol. The Kier molecular flexibility index (Phi) is 20.9. The van der Waals surface area contributed by atoms with E-state index in [0.29, 0.717) is 126 Å². The molecule has 0 amide bonds. The number of nitrogens with one attached hydrogen (secondary N) is 1. The number of halogens is 4. The fraction of sp³-hybridized carbons (Fsp3) is 0.302. The van der Waals surface area contributed by atoms with Crippen LogP contribution in [0.2, 0.25) is 0 Å².